The number of aliphatic hydroxyl groups is 1. The Morgan fingerprint density at radius 1 is 1.04 bits per heavy atom. The molecule has 3 aromatic rings. The number of alkyl halides is 3. The number of halogens is 3. The second kappa shape index (κ2) is 7.52. The third-order valence-corrected chi connectivity index (χ3v) is 5.76. The van der Waals surface area contributed by atoms with E-state index in [0.717, 1.165) is 28.3 Å². The van der Waals surface area contributed by atoms with Gasteiger partial charge in [-0.25, -0.2) is 0 Å². The van der Waals surface area contributed by atoms with E-state index >= 15 is 0 Å². The fourth-order valence-corrected chi connectivity index (χ4v) is 4.37. The maximum atomic E-state index is 12.8. The quantitative estimate of drug-likeness (QED) is 0.696. The summed E-state index contributed by atoms with van der Waals surface area (Å²) in [4.78, 5) is 1.93. The molecule has 0 amide bonds. The molecular weight excluding hydrogens is 387 g/mol. The van der Waals surface area contributed by atoms with E-state index in [1.807, 2.05) is 35.2 Å². The van der Waals surface area contributed by atoms with Crippen LogP contribution in [0.25, 0.3) is 0 Å². The molecule has 1 N–H and O–H groups in total. The van der Waals surface area contributed by atoms with Gasteiger partial charge in [-0.3, -0.25) is 0 Å². The summed E-state index contributed by atoms with van der Waals surface area (Å²) in [6.45, 7) is 0.381. The highest BCUT2D eigenvalue weighted by Gasteiger charge is 2.35. The lowest BCUT2D eigenvalue weighted by molar-refractivity contribution is -0.137. The topological polar surface area (TPSA) is 49.2 Å². The van der Waals surface area contributed by atoms with Crippen LogP contribution in [0.3, 0.4) is 0 Å². The Hall–Kier alpha value is -2.45. The van der Waals surface area contributed by atoms with Crippen molar-refractivity contribution in [3.8, 4) is 0 Å². The van der Waals surface area contributed by atoms with E-state index in [9.17, 15) is 18.3 Å². The summed E-state index contributed by atoms with van der Waals surface area (Å²) in [5.74, 6) is 0. The predicted octanol–water partition coefficient (Wildman–Crippen LogP) is 4.46. The molecule has 0 radical (unpaired) electrons. The SMILES string of the molecule is OC1CC(c2ccc(C(F)(F)F)cc2)N(c2nnc(Cc3ccccc3)s2)C1. The first kappa shape index (κ1) is 18.9. The van der Waals surface area contributed by atoms with Crippen LogP contribution in [-0.4, -0.2) is 28.0 Å². The van der Waals surface area contributed by atoms with Gasteiger partial charge in [0.05, 0.1) is 17.7 Å². The van der Waals surface area contributed by atoms with Crippen molar-refractivity contribution in [2.24, 2.45) is 0 Å². The van der Waals surface area contributed by atoms with E-state index in [-0.39, 0.29) is 6.04 Å². The van der Waals surface area contributed by atoms with Crippen LogP contribution < -0.4 is 4.90 Å². The number of anilines is 1. The lowest BCUT2D eigenvalue weighted by Gasteiger charge is -2.23. The van der Waals surface area contributed by atoms with Gasteiger partial charge in [0.25, 0.3) is 0 Å². The molecule has 0 bridgehead atoms. The van der Waals surface area contributed by atoms with E-state index in [0.29, 0.717) is 24.5 Å². The van der Waals surface area contributed by atoms with Crippen LogP contribution in [0, 0.1) is 0 Å². The van der Waals surface area contributed by atoms with Gasteiger partial charge < -0.3 is 10.0 Å². The van der Waals surface area contributed by atoms with Crippen LogP contribution in [0.15, 0.2) is 54.6 Å². The normalized spacial score (nSPS) is 19.9. The van der Waals surface area contributed by atoms with Crippen LogP contribution in [0.4, 0.5) is 18.3 Å². The summed E-state index contributed by atoms with van der Waals surface area (Å²) in [6.07, 6.45) is -3.81. The summed E-state index contributed by atoms with van der Waals surface area (Å²) in [5, 5.41) is 20.2. The first-order chi connectivity index (χ1) is 13.4. The first-order valence-electron chi connectivity index (χ1n) is 8.88. The molecular formula is C20H18F3N3OS. The molecule has 2 aromatic carbocycles. The fourth-order valence-electron chi connectivity index (χ4n) is 3.44. The molecule has 8 heteroatoms. The number of nitrogens with zero attached hydrogens (tertiary/aromatic N) is 3. The number of benzene rings is 2. The highest BCUT2D eigenvalue weighted by atomic mass is 32.1. The Labute approximate surface area is 164 Å². The van der Waals surface area contributed by atoms with Gasteiger partial charge in [0, 0.05) is 13.0 Å². The summed E-state index contributed by atoms with van der Waals surface area (Å²) < 4.78 is 38.4. The number of hydrogen-bond acceptors (Lipinski definition) is 5. The number of aromatic nitrogens is 2. The van der Waals surface area contributed by atoms with Crippen molar-refractivity contribution in [2.75, 3.05) is 11.4 Å². The molecule has 0 aliphatic carbocycles. The third-order valence-electron chi connectivity index (χ3n) is 4.80. The summed E-state index contributed by atoms with van der Waals surface area (Å²) >= 11 is 1.45. The van der Waals surface area contributed by atoms with Crippen LogP contribution >= 0.6 is 11.3 Å². The first-order valence-corrected chi connectivity index (χ1v) is 9.70. The molecule has 0 spiro atoms. The van der Waals surface area contributed by atoms with Crippen LogP contribution in [0.2, 0.25) is 0 Å². The average molecular weight is 405 g/mol. The van der Waals surface area contributed by atoms with E-state index in [1.54, 1.807) is 0 Å². The zero-order valence-electron chi connectivity index (χ0n) is 14.8. The molecule has 1 fully saturated rings. The van der Waals surface area contributed by atoms with Crippen molar-refractivity contribution in [1.82, 2.24) is 10.2 Å². The molecule has 1 aliphatic heterocycles. The van der Waals surface area contributed by atoms with Crippen molar-refractivity contribution in [3.63, 3.8) is 0 Å². The molecule has 1 aliphatic rings. The number of β-amino-alcohol motifs (C(OH)–C–C–N with tert-alkyl or cyclic N) is 1. The fraction of sp³-hybridized carbons (Fsp3) is 0.300. The molecule has 0 saturated carbocycles. The second-order valence-electron chi connectivity index (χ2n) is 6.82. The standard InChI is InChI=1S/C20H18F3N3OS/c21-20(22,23)15-8-6-14(7-9-15)17-11-16(27)12-26(17)19-25-24-18(28-19)10-13-4-2-1-3-5-13/h1-9,16-17,27H,10-12H2. The Kier molecular flexibility index (Phi) is 5.07. The molecule has 2 unspecified atom stereocenters. The van der Waals surface area contributed by atoms with E-state index < -0.39 is 17.8 Å². The van der Waals surface area contributed by atoms with Gasteiger partial charge >= 0.3 is 6.18 Å². The van der Waals surface area contributed by atoms with Crippen LogP contribution in [0.1, 0.15) is 34.2 Å². The van der Waals surface area contributed by atoms with E-state index in [1.165, 1.54) is 23.5 Å². The van der Waals surface area contributed by atoms with Gasteiger partial charge in [-0.15, -0.1) is 10.2 Å². The highest BCUT2D eigenvalue weighted by Crippen LogP contribution is 2.39. The third kappa shape index (κ3) is 4.02. The zero-order chi connectivity index (χ0) is 19.7. The smallest absolute Gasteiger partial charge is 0.391 e. The Balaban J connectivity index is 1.55. The largest absolute Gasteiger partial charge is 0.416 e. The minimum absolute atomic E-state index is 0.227. The van der Waals surface area contributed by atoms with Gasteiger partial charge in [0.15, 0.2) is 0 Å². The van der Waals surface area contributed by atoms with Crippen molar-refractivity contribution in [2.45, 2.75) is 31.2 Å². The minimum Gasteiger partial charge on any atom is -0.391 e. The van der Waals surface area contributed by atoms with Gasteiger partial charge in [-0.1, -0.05) is 53.8 Å². The van der Waals surface area contributed by atoms with E-state index in [4.69, 9.17) is 0 Å². The maximum Gasteiger partial charge on any atom is 0.416 e. The van der Waals surface area contributed by atoms with Gasteiger partial charge in [0.2, 0.25) is 5.13 Å². The highest BCUT2D eigenvalue weighted by molar-refractivity contribution is 7.15. The molecule has 4 rings (SSSR count). The van der Waals surface area contributed by atoms with Crippen molar-refractivity contribution >= 4 is 16.5 Å². The summed E-state index contributed by atoms with van der Waals surface area (Å²) in [7, 11) is 0. The van der Waals surface area contributed by atoms with Crippen LogP contribution in [-0.2, 0) is 12.6 Å². The molecule has 2 heterocycles. The Morgan fingerprint density at radius 3 is 2.43 bits per heavy atom. The van der Waals surface area contributed by atoms with E-state index in [2.05, 4.69) is 10.2 Å². The molecule has 146 valence electrons. The minimum atomic E-state index is -4.36. The molecule has 1 aromatic heterocycles. The summed E-state index contributed by atoms with van der Waals surface area (Å²) in [6, 6.07) is 14.8. The van der Waals surface area contributed by atoms with Crippen molar-refractivity contribution in [1.29, 1.82) is 0 Å². The van der Waals surface area contributed by atoms with Crippen molar-refractivity contribution < 1.29 is 18.3 Å². The molecule has 28 heavy (non-hydrogen) atoms. The van der Waals surface area contributed by atoms with Gasteiger partial charge in [0.1, 0.15) is 5.01 Å². The van der Waals surface area contributed by atoms with Gasteiger partial charge in [-0.2, -0.15) is 13.2 Å². The molecule has 1 saturated heterocycles. The zero-order valence-corrected chi connectivity index (χ0v) is 15.6. The maximum absolute atomic E-state index is 12.8. The average Bonchev–Trinajstić information content (AvgIpc) is 3.28. The monoisotopic (exact) mass is 405 g/mol. The molecule has 2 atom stereocenters. The molecule has 4 nitrogen and oxygen atoms in total. The predicted molar refractivity (Wildman–Crippen MR) is 101 cm³/mol. The number of rotatable bonds is 4. The lowest BCUT2D eigenvalue weighted by Crippen LogP contribution is -2.24. The Morgan fingerprint density at radius 2 is 1.75 bits per heavy atom. The van der Waals surface area contributed by atoms with Gasteiger partial charge in [-0.05, 0) is 29.7 Å². The van der Waals surface area contributed by atoms with Crippen molar-refractivity contribution in [3.05, 3.63) is 76.3 Å². The Bertz CT molecular complexity index is 928. The summed E-state index contributed by atoms with van der Waals surface area (Å²) in [5.41, 5.74) is 1.18. The number of hydrogen-bond donors (Lipinski definition) is 1. The van der Waals surface area contributed by atoms with Crippen LogP contribution in [0.5, 0.6) is 0 Å². The number of aliphatic hydroxyl groups excluding tert-OH is 1. The lowest BCUT2D eigenvalue weighted by atomic mass is 10.0. The second-order valence-corrected chi connectivity index (χ2v) is 7.86.